The molecule has 0 radical (unpaired) electrons. The molecule has 0 aliphatic carbocycles. The molecule has 0 bridgehead atoms. The van der Waals surface area contributed by atoms with Gasteiger partial charge in [-0.05, 0) is 16.5 Å². The van der Waals surface area contributed by atoms with Crippen molar-refractivity contribution in [1.82, 2.24) is 4.90 Å². The first-order valence-electron chi connectivity index (χ1n) is 5.59. The highest BCUT2D eigenvalue weighted by atomic mass is 15.2. The predicted molar refractivity (Wildman–Crippen MR) is 63.4 cm³/mol. The Kier molecular flexibility index (Phi) is 2.81. The van der Waals surface area contributed by atoms with Crippen molar-refractivity contribution in [2.24, 2.45) is 11.1 Å². The van der Waals surface area contributed by atoms with Gasteiger partial charge in [0.25, 0.3) is 0 Å². The molecule has 1 aliphatic rings. The third kappa shape index (κ3) is 2.58. The molecular weight excluding hydrogens is 184 g/mol. The van der Waals surface area contributed by atoms with Crippen LogP contribution in [0.25, 0.3) is 0 Å². The second kappa shape index (κ2) is 3.95. The largest absolute Gasteiger partial charge is 0.326 e. The van der Waals surface area contributed by atoms with Crippen LogP contribution in [-0.4, -0.2) is 18.0 Å². The Labute approximate surface area is 92.1 Å². The van der Waals surface area contributed by atoms with E-state index in [0.717, 1.165) is 6.54 Å². The maximum Gasteiger partial charge on any atom is 0.0234 e. The molecule has 82 valence electrons. The predicted octanol–water partition coefficient (Wildman–Crippen LogP) is 1.99. The van der Waals surface area contributed by atoms with Crippen LogP contribution in [0.4, 0.5) is 0 Å². The Morgan fingerprint density at radius 3 is 2.53 bits per heavy atom. The van der Waals surface area contributed by atoms with E-state index in [1.165, 1.54) is 24.2 Å². The molecule has 0 atom stereocenters. The van der Waals surface area contributed by atoms with Gasteiger partial charge in [-0.1, -0.05) is 38.1 Å². The lowest BCUT2D eigenvalue weighted by atomic mass is 9.84. The Hall–Kier alpha value is -0.860. The monoisotopic (exact) mass is 204 g/mol. The van der Waals surface area contributed by atoms with Crippen molar-refractivity contribution < 1.29 is 0 Å². The normalized spacial score (nSPS) is 19.9. The molecule has 0 saturated carbocycles. The van der Waals surface area contributed by atoms with Gasteiger partial charge in [0.2, 0.25) is 0 Å². The molecule has 1 saturated heterocycles. The van der Waals surface area contributed by atoms with Crippen LogP contribution in [0.2, 0.25) is 0 Å². The lowest BCUT2D eigenvalue weighted by Crippen LogP contribution is -2.52. The molecule has 1 aromatic rings. The van der Waals surface area contributed by atoms with Crippen LogP contribution >= 0.6 is 0 Å². The van der Waals surface area contributed by atoms with Crippen LogP contribution in [0.3, 0.4) is 0 Å². The molecule has 1 heterocycles. The van der Waals surface area contributed by atoms with Gasteiger partial charge in [0.1, 0.15) is 0 Å². The van der Waals surface area contributed by atoms with Gasteiger partial charge >= 0.3 is 0 Å². The molecule has 1 aromatic carbocycles. The van der Waals surface area contributed by atoms with Crippen LogP contribution in [0, 0.1) is 5.41 Å². The molecular formula is C13H20N2. The van der Waals surface area contributed by atoms with E-state index in [-0.39, 0.29) is 0 Å². The Balaban J connectivity index is 1.94. The highest BCUT2D eigenvalue weighted by Gasteiger charge is 2.33. The van der Waals surface area contributed by atoms with Crippen molar-refractivity contribution in [3.8, 4) is 0 Å². The minimum atomic E-state index is 0.519. The fourth-order valence-electron chi connectivity index (χ4n) is 2.39. The first kappa shape index (κ1) is 10.7. The number of nitrogens with two attached hydrogens (primary N) is 1. The van der Waals surface area contributed by atoms with Crippen molar-refractivity contribution in [2.75, 3.05) is 13.1 Å². The van der Waals surface area contributed by atoms with Crippen molar-refractivity contribution in [3.05, 3.63) is 35.4 Å². The van der Waals surface area contributed by atoms with E-state index in [2.05, 4.69) is 43.0 Å². The zero-order valence-corrected chi connectivity index (χ0v) is 9.66. The number of rotatable bonds is 3. The van der Waals surface area contributed by atoms with Gasteiger partial charge in [0.15, 0.2) is 0 Å². The summed E-state index contributed by atoms with van der Waals surface area (Å²) in [7, 11) is 0. The summed E-state index contributed by atoms with van der Waals surface area (Å²) in [5.74, 6) is 0. The van der Waals surface area contributed by atoms with Crippen molar-refractivity contribution in [3.63, 3.8) is 0 Å². The van der Waals surface area contributed by atoms with E-state index < -0.39 is 0 Å². The van der Waals surface area contributed by atoms with E-state index in [0.29, 0.717) is 12.0 Å². The second-order valence-corrected chi connectivity index (χ2v) is 5.33. The standard InChI is InChI=1S/C13H20N2/c1-13(2)9-15(10-13)8-12-5-3-4-11(6-12)7-14/h3-6H,7-10,14H2,1-2H3. The number of likely N-dealkylation sites (tertiary alicyclic amines) is 1. The molecule has 0 spiro atoms. The Morgan fingerprint density at radius 2 is 1.93 bits per heavy atom. The van der Waals surface area contributed by atoms with Gasteiger partial charge in [-0.15, -0.1) is 0 Å². The van der Waals surface area contributed by atoms with Crippen LogP contribution in [0.5, 0.6) is 0 Å². The van der Waals surface area contributed by atoms with Gasteiger partial charge in [0, 0.05) is 26.2 Å². The summed E-state index contributed by atoms with van der Waals surface area (Å²) in [6.07, 6.45) is 0. The summed E-state index contributed by atoms with van der Waals surface area (Å²) >= 11 is 0. The van der Waals surface area contributed by atoms with Gasteiger partial charge in [-0.2, -0.15) is 0 Å². The summed E-state index contributed by atoms with van der Waals surface area (Å²) in [6.45, 7) is 8.76. The Bertz CT molecular complexity index is 336. The molecule has 1 aliphatic heterocycles. The maximum atomic E-state index is 5.63. The third-order valence-electron chi connectivity index (χ3n) is 2.94. The first-order valence-corrected chi connectivity index (χ1v) is 5.59. The Morgan fingerprint density at radius 1 is 1.27 bits per heavy atom. The third-order valence-corrected chi connectivity index (χ3v) is 2.94. The minimum absolute atomic E-state index is 0.519. The SMILES string of the molecule is CC1(C)CN(Cc2cccc(CN)c2)C1. The lowest BCUT2D eigenvalue weighted by molar-refractivity contribution is 0.0242. The summed E-state index contributed by atoms with van der Waals surface area (Å²) in [6, 6.07) is 8.59. The quantitative estimate of drug-likeness (QED) is 0.816. The number of benzene rings is 1. The van der Waals surface area contributed by atoms with Gasteiger partial charge in [0.05, 0.1) is 0 Å². The van der Waals surface area contributed by atoms with E-state index in [9.17, 15) is 0 Å². The molecule has 0 aromatic heterocycles. The van der Waals surface area contributed by atoms with Crippen molar-refractivity contribution >= 4 is 0 Å². The highest BCUT2D eigenvalue weighted by molar-refractivity contribution is 5.23. The molecule has 2 heteroatoms. The topological polar surface area (TPSA) is 29.3 Å². The lowest BCUT2D eigenvalue weighted by Gasteiger charge is -2.46. The fraction of sp³-hybridized carbons (Fsp3) is 0.538. The molecule has 2 nitrogen and oxygen atoms in total. The highest BCUT2D eigenvalue weighted by Crippen LogP contribution is 2.29. The summed E-state index contributed by atoms with van der Waals surface area (Å²) in [5.41, 5.74) is 8.76. The average Bonchev–Trinajstić information content (AvgIpc) is 2.15. The van der Waals surface area contributed by atoms with Crippen molar-refractivity contribution in [1.29, 1.82) is 0 Å². The molecule has 2 N–H and O–H groups in total. The van der Waals surface area contributed by atoms with Crippen LogP contribution in [0.15, 0.2) is 24.3 Å². The zero-order chi connectivity index (χ0) is 10.9. The van der Waals surface area contributed by atoms with E-state index in [1.54, 1.807) is 0 Å². The summed E-state index contributed by atoms with van der Waals surface area (Å²) in [5, 5.41) is 0. The second-order valence-electron chi connectivity index (χ2n) is 5.33. The van der Waals surface area contributed by atoms with Gasteiger partial charge in [-0.25, -0.2) is 0 Å². The number of hydrogen-bond acceptors (Lipinski definition) is 2. The van der Waals surface area contributed by atoms with E-state index in [1.807, 2.05) is 0 Å². The van der Waals surface area contributed by atoms with Crippen LogP contribution < -0.4 is 5.73 Å². The van der Waals surface area contributed by atoms with Crippen LogP contribution in [0.1, 0.15) is 25.0 Å². The van der Waals surface area contributed by atoms with E-state index >= 15 is 0 Å². The molecule has 2 rings (SSSR count). The number of nitrogens with zero attached hydrogens (tertiary/aromatic N) is 1. The maximum absolute atomic E-state index is 5.63. The zero-order valence-electron chi connectivity index (χ0n) is 9.66. The molecule has 15 heavy (non-hydrogen) atoms. The van der Waals surface area contributed by atoms with Crippen molar-refractivity contribution in [2.45, 2.75) is 26.9 Å². The molecule has 1 fully saturated rings. The molecule has 0 amide bonds. The average molecular weight is 204 g/mol. The van der Waals surface area contributed by atoms with E-state index in [4.69, 9.17) is 5.73 Å². The van der Waals surface area contributed by atoms with Crippen LogP contribution in [-0.2, 0) is 13.1 Å². The summed E-state index contributed by atoms with van der Waals surface area (Å²) < 4.78 is 0. The molecule has 0 unspecified atom stereocenters. The smallest absolute Gasteiger partial charge is 0.0234 e. The summed E-state index contributed by atoms with van der Waals surface area (Å²) in [4.78, 5) is 2.48. The fourth-order valence-corrected chi connectivity index (χ4v) is 2.39. The van der Waals surface area contributed by atoms with Gasteiger partial charge in [-0.3, -0.25) is 4.90 Å². The minimum Gasteiger partial charge on any atom is -0.326 e. The van der Waals surface area contributed by atoms with Gasteiger partial charge < -0.3 is 5.73 Å². The number of hydrogen-bond donors (Lipinski definition) is 1. The first-order chi connectivity index (χ1) is 7.09.